The molecule has 12 rings (SSSR count). The minimum Gasteiger partial charge on any atom is -0.497 e. The van der Waals surface area contributed by atoms with Crippen LogP contribution in [0.1, 0.15) is 53.5 Å². The van der Waals surface area contributed by atoms with Crippen molar-refractivity contribution in [2.24, 2.45) is 20.4 Å². The van der Waals surface area contributed by atoms with E-state index in [1.807, 2.05) is 97.9 Å². The first kappa shape index (κ1) is 77.1. The average molecular weight is 1460 g/mol. The largest absolute Gasteiger partial charge is 0.497 e. The second kappa shape index (κ2) is 38.3. The zero-order valence-electron chi connectivity index (χ0n) is 59.9. The second-order valence-corrected chi connectivity index (χ2v) is 23.5. The Morgan fingerprint density at radius 2 is 0.610 bits per heavy atom. The van der Waals surface area contributed by atoms with Crippen molar-refractivity contribution < 1.29 is 85.1 Å². The predicted molar refractivity (Wildman–Crippen MR) is 394 cm³/mol. The smallest absolute Gasteiger partial charge is 0.280 e. The fraction of sp³-hybridized carbons (Fsp3) is 0.282. The van der Waals surface area contributed by atoms with E-state index in [-0.39, 0.29) is 55.9 Å². The lowest BCUT2D eigenvalue weighted by Gasteiger charge is -2.12. The Kier molecular flexibility index (Phi) is 28.1. The highest BCUT2D eigenvalue weighted by molar-refractivity contribution is 6.30. The molecule has 4 aliphatic rings. The second-order valence-electron chi connectivity index (χ2n) is 23.1. The number of hydrogen-bond acceptors (Lipinski definition) is 21. The van der Waals surface area contributed by atoms with E-state index in [0.717, 1.165) is 56.4 Å². The number of rotatable bonds is 25. The molecular weight excluding hydrogens is 1380 g/mol. The number of hydrazone groups is 4. The molecule has 0 fully saturated rings. The minimum atomic E-state index is -0.354. The summed E-state index contributed by atoms with van der Waals surface area (Å²) >= 11 is 5.83. The number of halogens is 2. The lowest BCUT2D eigenvalue weighted by Crippen LogP contribution is -2.28. The SMILES string of the molecule is COc1ccc(C2=NN(C(=O)COc3ccc(Cl)cc3)CC2)cc1OC.COc1ccc(C2=NN(C(=O)COc3ccc(F)cc3)CC2)cc1OC.COc1ccc(C2=NN(C(=O)COc3cccc(C)c3)CC2)cc1OC.COc1ccc(OCC(=O)N2CCC(c3ccc(OC)c(OC)c3)=N2)cc1. The number of carbonyl (C=O) groups is 4. The number of aryl methyl sites for hydroxylation is 1. The molecule has 8 aromatic carbocycles. The molecule has 0 unspecified atom stereocenters. The van der Waals surface area contributed by atoms with Crippen LogP contribution in [-0.2, 0) is 19.2 Å². The molecule has 0 N–H and O–H groups in total. The standard InChI is InChI=1S/C20H22N2O5.C20H22N2O4.C19H19ClN2O4.C19H19FN2O4/c1-24-15-5-7-16(8-6-15)27-13-20(23)22-11-10-17(21-22)14-4-9-18(25-2)19(12-14)26-3;1-14-5-4-6-16(11-14)26-13-20(23)22-10-9-17(21-22)15-7-8-18(24-2)19(12-15)25-3;2*1-24-17-8-3-13(11-18(17)25-2)16-9-10-22(21-16)19(23)12-26-15-6-4-14(20)5-7-15/h4-9,12H,10-11,13H2,1-3H3;4-8,11-12H,9-10,13H2,1-3H3;2*3-8,11H,9-10,12H2,1-2H3. The van der Waals surface area contributed by atoms with E-state index in [4.69, 9.17) is 73.2 Å². The van der Waals surface area contributed by atoms with Crippen LogP contribution in [0.5, 0.6) is 74.7 Å². The first-order valence-electron chi connectivity index (χ1n) is 33.1. The van der Waals surface area contributed by atoms with Gasteiger partial charge < -0.3 is 61.6 Å². The van der Waals surface area contributed by atoms with Crippen molar-refractivity contribution in [3.05, 3.63) is 209 Å². The average Bonchev–Trinajstić information content (AvgIpc) is 1.75. The lowest BCUT2D eigenvalue weighted by molar-refractivity contribution is -0.133. The van der Waals surface area contributed by atoms with Gasteiger partial charge in [-0.05, 0) is 170 Å². The van der Waals surface area contributed by atoms with E-state index < -0.39 is 0 Å². The molecule has 0 radical (unpaired) electrons. The van der Waals surface area contributed by atoms with Gasteiger partial charge in [-0.15, -0.1) is 0 Å². The van der Waals surface area contributed by atoms with E-state index in [2.05, 4.69) is 20.4 Å². The Labute approximate surface area is 613 Å². The Bertz CT molecular complexity index is 4290. The van der Waals surface area contributed by atoms with Gasteiger partial charge in [0.2, 0.25) is 0 Å². The molecular formula is C78H82ClFN8O17. The van der Waals surface area contributed by atoms with Crippen LogP contribution in [0.25, 0.3) is 0 Å². The fourth-order valence-electron chi connectivity index (χ4n) is 10.7. The molecule has 4 aliphatic heterocycles. The molecule has 0 atom stereocenters. The number of hydrogen-bond donors (Lipinski definition) is 0. The number of amides is 4. The molecule has 27 heteroatoms. The van der Waals surface area contributed by atoms with Crippen LogP contribution in [0.15, 0.2) is 190 Å². The van der Waals surface area contributed by atoms with Crippen molar-refractivity contribution in [1.82, 2.24) is 20.0 Å². The summed E-state index contributed by atoms with van der Waals surface area (Å²) in [5.74, 6) is 6.98. The van der Waals surface area contributed by atoms with Gasteiger partial charge >= 0.3 is 0 Å². The van der Waals surface area contributed by atoms with Crippen LogP contribution < -0.4 is 61.6 Å². The maximum absolute atomic E-state index is 12.9. The Balaban J connectivity index is 0.000000162. The van der Waals surface area contributed by atoms with Gasteiger partial charge in [-0.3, -0.25) is 19.2 Å². The van der Waals surface area contributed by atoms with Crippen molar-refractivity contribution in [3.63, 3.8) is 0 Å². The third-order valence-corrected chi connectivity index (χ3v) is 16.6. The minimum absolute atomic E-state index is 0.0355. The number of nitrogens with zero attached hydrogens (tertiary/aromatic N) is 8. The Morgan fingerprint density at radius 3 is 0.895 bits per heavy atom. The molecule has 0 aromatic heterocycles. The molecule has 550 valence electrons. The summed E-state index contributed by atoms with van der Waals surface area (Å²) in [4.78, 5) is 49.3. The summed E-state index contributed by atoms with van der Waals surface area (Å²) in [5, 5.41) is 24.0. The van der Waals surface area contributed by atoms with E-state index in [1.165, 1.54) is 44.3 Å². The Hall–Kier alpha value is -12.1. The molecule has 0 saturated heterocycles. The molecule has 8 aromatic rings. The molecule has 0 spiro atoms. The zero-order valence-corrected chi connectivity index (χ0v) is 60.7. The molecule has 0 aliphatic carbocycles. The predicted octanol–water partition coefficient (Wildman–Crippen LogP) is 12.0. The van der Waals surface area contributed by atoms with Crippen LogP contribution in [-0.4, -0.2) is 183 Å². The van der Waals surface area contributed by atoms with Gasteiger partial charge in [0, 0.05) is 53.0 Å². The van der Waals surface area contributed by atoms with Crippen LogP contribution in [0.4, 0.5) is 4.39 Å². The van der Waals surface area contributed by atoms with Gasteiger partial charge in [-0.25, -0.2) is 24.4 Å². The van der Waals surface area contributed by atoms with E-state index >= 15 is 0 Å². The van der Waals surface area contributed by atoms with E-state index in [1.54, 1.807) is 119 Å². The van der Waals surface area contributed by atoms with Crippen molar-refractivity contribution in [2.45, 2.75) is 32.6 Å². The quantitative estimate of drug-likeness (QED) is 0.0515. The Morgan fingerprint density at radius 1 is 0.333 bits per heavy atom. The molecule has 0 bridgehead atoms. The molecule has 25 nitrogen and oxygen atoms in total. The highest BCUT2D eigenvalue weighted by atomic mass is 35.5. The van der Waals surface area contributed by atoms with Gasteiger partial charge in [-0.2, -0.15) is 20.4 Å². The summed E-state index contributed by atoms with van der Waals surface area (Å²) in [6.45, 7) is 3.70. The van der Waals surface area contributed by atoms with Crippen LogP contribution in [0.3, 0.4) is 0 Å². The maximum Gasteiger partial charge on any atom is 0.280 e. The third-order valence-electron chi connectivity index (χ3n) is 16.4. The highest BCUT2D eigenvalue weighted by Crippen LogP contribution is 2.34. The third kappa shape index (κ3) is 21.5. The summed E-state index contributed by atoms with van der Waals surface area (Å²) < 4.78 is 82.2. The van der Waals surface area contributed by atoms with Gasteiger partial charge in [0.05, 0.1) is 113 Å². The van der Waals surface area contributed by atoms with Gasteiger partial charge in [0.25, 0.3) is 23.6 Å². The monoisotopic (exact) mass is 1460 g/mol. The molecule has 0 saturated carbocycles. The number of ether oxygens (including phenoxy) is 13. The summed E-state index contributed by atoms with van der Waals surface area (Å²) in [5.41, 5.74) is 7.96. The van der Waals surface area contributed by atoms with Gasteiger partial charge in [0.1, 0.15) is 34.6 Å². The van der Waals surface area contributed by atoms with Crippen molar-refractivity contribution in [2.75, 3.05) is 117 Å². The molecule has 4 heterocycles. The summed E-state index contributed by atoms with van der Waals surface area (Å²) in [7, 11) is 14.3. The topological polar surface area (TPSA) is 251 Å². The van der Waals surface area contributed by atoms with Crippen LogP contribution in [0.2, 0.25) is 5.02 Å². The number of carbonyl (C=O) groups excluding carboxylic acids is 4. The van der Waals surface area contributed by atoms with Crippen LogP contribution in [0, 0.1) is 12.7 Å². The number of methoxy groups -OCH3 is 9. The van der Waals surface area contributed by atoms with Gasteiger partial charge in [-0.1, -0.05) is 23.7 Å². The first-order chi connectivity index (χ1) is 50.9. The molecule has 4 amide bonds. The van der Waals surface area contributed by atoms with Crippen molar-refractivity contribution in [1.29, 1.82) is 0 Å². The summed E-state index contributed by atoms with van der Waals surface area (Å²) in [6.07, 6.45) is 2.66. The maximum atomic E-state index is 12.9. The fourth-order valence-corrected chi connectivity index (χ4v) is 10.9. The van der Waals surface area contributed by atoms with E-state index in [0.29, 0.717) is 126 Å². The normalized spacial score (nSPS) is 13.3. The first-order valence-corrected chi connectivity index (χ1v) is 33.5. The van der Waals surface area contributed by atoms with Crippen LogP contribution >= 0.6 is 11.6 Å². The molecule has 105 heavy (non-hydrogen) atoms. The highest BCUT2D eigenvalue weighted by Gasteiger charge is 2.27. The lowest BCUT2D eigenvalue weighted by atomic mass is 10.1. The van der Waals surface area contributed by atoms with Crippen molar-refractivity contribution >= 4 is 58.1 Å². The zero-order chi connectivity index (χ0) is 74.8. The van der Waals surface area contributed by atoms with Crippen molar-refractivity contribution in [3.8, 4) is 74.7 Å². The van der Waals surface area contributed by atoms with Gasteiger partial charge in [0.15, 0.2) is 72.4 Å². The summed E-state index contributed by atoms with van der Waals surface area (Å²) in [6, 6.07) is 49.4. The number of benzene rings is 8. The van der Waals surface area contributed by atoms with E-state index in [9.17, 15) is 23.6 Å².